The summed E-state index contributed by atoms with van der Waals surface area (Å²) in [6, 6.07) is 0. The van der Waals surface area contributed by atoms with Crippen molar-refractivity contribution in [2.75, 3.05) is 19.7 Å². The van der Waals surface area contributed by atoms with Crippen molar-refractivity contribution in [1.82, 2.24) is 10.3 Å². The van der Waals surface area contributed by atoms with Crippen molar-refractivity contribution in [2.24, 2.45) is 0 Å². The molecule has 1 aromatic heterocycles. The van der Waals surface area contributed by atoms with Gasteiger partial charge in [-0.2, -0.15) is 0 Å². The number of nitrogens with one attached hydrogen (secondary N) is 1. The third-order valence-corrected chi connectivity index (χ3v) is 5.41. The topological polar surface area (TPSA) is 43.4 Å². The summed E-state index contributed by atoms with van der Waals surface area (Å²) in [7, 11) is 0. The van der Waals surface area contributed by atoms with Gasteiger partial charge < -0.3 is 14.8 Å². The lowest BCUT2D eigenvalue weighted by molar-refractivity contribution is -0.0241. The van der Waals surface area contributed by atoms with Crippen LogP contribution in [0.25, 0.3) is 0 Å². The van der Waals surface area contributed by atoms with Gasteiger partial charge in [-0.25, -0.2) is 4.98 Å². The zero-order valence-corrected chi connectivity index (χ0v) is 13.2. The average Bonchev–Trinajstić information content (AvgIpc) is 3.05. The Morgan fingerprint density at radius 1 is 1.50 bits per heavy atom. The molecule has 2 aliphatic heterocycles. The molecule has 0 aliphatic carbocycles. The van der Waals surface area contributed by atoms with Crippen LogP contribution in [0, 0.1) is 0 Å². The Hall–Kier alpha value is -0.490. The standard InChI is InChI=1S/C15H24N2O2S/c1-11(2)14-17-12(10-20-14)8-18-13-7-15(19-9-13)3-5-16-6-4-15/h10-11,13,16H,3-9H2,1-2H3. The van der Waals surface area contributed by atoms with Crippen LogP contribution < -0.4 is 5.32 Å². The quantitative estimate of drug-likeness (QED) is 0.928. The van der Waals surface area contributed by atoms with E-state index in [4.69, 9.17) is 9.47 Å². The Morgan fingerprint density at radius 2 is 2.30 bits per heavy atom. The molecule has 3 rings (SSSR count). The minimum Gasteiger partial charge on any atom is -0.372 e. The minimum atomic E-state index is 0.0844. The van der Waals surface area contributed by atoms with E-state index in [0.29, 0.717) is 12.5 Å². The maximum atomic E-state index is 6.04. The summed E-state index contributed by atoms with van der Waals surface area (Å²) in [5.41, 5.74) is 1.14. The zero-order chi connectivity index (χ0) is 14.0. The Labute approximate surface area is 124 Å². The minimum absolute atomic E-state index is 0.0844. The van der Waals surface area contributed by atoms with Gasteiger partial charge in [0.15, 0.2) is 0 Å². The summed E-state index contributed by atoms with van der Waals surface area (Å²) in [5.74, 6) is 0.501. The fraction of sp³-hybridized carbons (Fsp3) is 0.800. The normalized spacial score (nSPS) is 25.6. The number of ether oxygens (including phenoxy) is 2. The highest BCUT2D eigenvalue weighted by Gasteiger charge is 2.41. The van der Waals surface area contributed by atoms with Crippen LogP contribution in [0.2, 0.25) is 0 Å². The molecule has 2 saturated heterocycles. The van der Waals surface area contributed by atoms with E-state index in [0.717, 1.165) is 44.7 Å². The highest BCUT2D eigenvalue weighted by Crippen LogP contribution is 2.35. The largest absolute Gasteiger partial charge is 0.372 e. The van der Waals surface area contributed by atoms with Gasteiger partial charge in [-0.15, -0.1) is 11.3 Å². The number of aromatic nitrogens is 1. The van der Waals surface area contributed by atoms with Crippen molar-refractivity contribution in [1.29, 1.82) is 0 Å². The van der Waals surface area contributed by atoms with E-state index in [1.807, 2.05) is 0 Å². The van der Waals surface area contributed by atoms with E-state index in [1.165, 1.54) is 5.01 Å². The lowest BCUT2D eigenvalue weighted by atomic mass is 9.89. The molecule has 1 aromatic rings. The van der Waals surface area contributed by atoms with Crippen LogP contribution in [0.4, 0.5) is 0 Å². The van der Waals surface area contributed by atoms with Crippen molar-refractivity contribution >= 4 is 11.3 Å². The summed E-state index contributed by atoms with van der Waals surface area (Å²) in [4.78, 5) is 4.62. The molecule has 1 unspecified atom stereocenters. The van der Waals surface area contributed by atoms with Crippen molar-refractivity contribution in [3.05, 3.63) is 16.1 Å². The molecular weight excluding hydrogens is 272 g/mol. The molecule has 1 atom stereocenters. The maximum absolute atomic E-state index is 6.04. The first-order chi connectivity index (χ1) is 9.67. The van der Waals surface area contributed by atoms with Crippen molar-refractivity contribution in [2.45, 2.75) is 57.3 Å². The molecule has 1 N–H and O–H groups in total. The summed E-state index contributed by atoms with van der Waals surface area (Å²) < 4.78 is 12.1. The van der Waals surface area contributed by atoms with Crippen LogP contribution in [-0.4, -0.2) is 36.4 Å². The predicted molar refractivity (Wildman–Crippen MR) is 80.2 cm³/mol. The van der Waals surface area contributed by atoms with Gasteiger partial charge in [0, 0.05) is 17.7 Å². The second-order valence-electron chi connectivity index (χ2n) is 6.21. The van der Waals surface area contributed by atoms with Crippen LogP contribution in [-0.2, 0) is 16.1 Å². The molecule has 4 nitrogen and oxygen atoms in total. The predicted octanol–water partition coefficient (Wildman–Crippen LogP) is 2.69. The third kappa shape index (κ3) is 3.22. The number of thiazole rings is 1. The van der Waals surface area contributed by atoms with E-state index in [9.17, 15) is 0 Å². The van der Waals surface area contributed by atoms with Crippen molar-refractivity contribution in [3.8, 4) is 0 Å². The van der Waals surface area contributed by atoms with Gasteiger partial charge in [0.2, 0.25) is 0 Å². The molecule has 2 aliphatic rings. The van der Waals surface area contributed by atoms with E-state index in [1.54, 1.807) is 11.3 Å². The van der Waals surface area contributed by atoms with E-state index in [2.05, 4.69) is 29.5 Å². The second kappa shape index (κ2) is 6.10. The lowest BCUT2D eigenvalue weighted by Crippen LogP contribution is -2.41. The van der Waals surface area contributed by atoms with Crippen LogP contribution in [0.1, 0.15) is 49.7 Å². The molecule has 0 radical (unpaired) electrons. The average molecular weight is 296 g/mol. The molecular formula is C15H24N2O2S. The molecule has 112 valence electrons. The molecule has 0 bridgehead atoms. The monoisotopic (exact) mass is 296 g/mol. The molecule has 20 heavy (non-hydrogen) atoms. The molecule has 0 aromatic carbocycles. The van der Waals surface area contributed by atoms with Crippen LogP contribution in [0.15, 0.2) is 5.38 Å². The molecule has 3 heterocycles. The van der Waals surface area contributed by atoms with Crippen LogP contribution >= 0.6 is 11.3 Å². The van der Waals surface area contributed by atoms with Gasteiger partial charge in [-0.1, -0.05) is 13.8 Å². The summed E-state index contributed by atoms with van der Waals surface area (Å²) in [6.07, 6.45) is 3.50. The summed E-state index contributed by atoms with van der Waals surface area (Å²) >= 11 is 1.73. The highest BCUT2D eigenvalue weighted by molar-refractivity contribution is 7.09. The van der Waals surface area contributed by atoms with E-state index < -0.39 is 0 Å². The van der Waals surface area contributed by atoms with Gasteiger partial charge in [0.1, 0.15) is 0 Å². The van der Waals surface area contributed by atoms with Crippen molar-refractivity contribution < 1.29 is 9.47 Å². The molecule has 0 saturated carbocycles. The Kier molecular flexibility index (Phi) is 4.40. The van der Waals surface area contributed by atoms with Crippen LogP contribution in [0.5, 0.6) is 0 Å². The van der Waals surface area contributed by atoms with Gasteiger partial charge in [0.25, 0.3) is 0 Å². The number of nitrogens with zero attached hydrogens (tertiary/aromatic N) is 1. The number of hydrogen-bond donors (Lipinski definition) is 1. The van der Waals surface area contributed by atoms with Gasteiger partial charge in [0.05, 0.1) is 35.6 Å². The summed E-state index contributed by atoms with van der Waals surface area (Å²) in [5, 5.41) is 6.70. The SMILES string of the molecule is CC(C)c1nc(COC2COC3(CCNCC3)C2)cs1. The number of piperidine rings is 1. The fourth-order valence-corrected chi connectivity index (χ4v) is 3.82. The molecule has 2 fully saturated rings. The van der Waals surface area contributed by atoms with Crippen LogP contribution in [0.3, 0.4) is 0 Å². The fourth-order valence-electron chi connectivity index (χ4n) is 3.00. The smallest absolute Gasteiger partial charge is 0.0954 e. The van der Waals surface area contributed by atoms with E-state index in [-0.39, 0.29) is 11.7 Å². The molecule has 0 amide bonds. The first-order valence-electron chi connectivity index (χ1n) is 7.57. The Bertz CT molecular complexity index is 441. The molecule has 5 heteroatoms. The van der Waals surface area contributed by atoms with E-state index >= 15 is 0 Å². The Balaban J connectivity index is 1.49. The zero-order valence-electron chi connectivity index (χ0n) is 12.4. The second-order valence-corrected chi connectivity index (χ2v) is 7.10. The highest BCUT2D eigenvalue weighted by atomic mass is 32.1. The first kappa shape index (κ1) is 14.4. The lowest BCUT2D eigenvalue weighted by Gasteiger charge is -2.32. The maximum Gasteiger partial charge on any atom is 0.0954 e. The Morgan fingerprint density at radius 3 is 3.00 bits per heavy atom. The number of hydrogen-bond acceptors (Lipinski definition) is 5. The number of rotatable bonds is 4. The van der Waals surface area contributed by atoms with Gasteiger partial charge in [-0.05, 0) is 25.9 Å². The van der Waals surface area contributed by atoms with Crippen molar-refractivity contribution in [3.63, 3.8) is 0 Å². The first-order valence-corrected chi connectivity index (χ1v) is 8.45. The van der Waals surface area contributed by atoms with Gasteiger partial charge in [-0.3, -0.25) is 0 Å². The summed E-state index contributed by atoms with van der Waals surface area (Å²) in [6.45, 7) is 7.84. The molecule has 1 spiro atoms. The van der Waals surface area contributed by atoms with Gasteiger partial charge >= 0.3 is 0 Å². The third-order valence-electron chi connectivity index (χ3n) is 4.22.